The fourth-order valence-electron chi connectivity index (χ4n) is 3.42. The van der Waals surface area contributed by atoms with E-state index in [1.54, 1.807) is 0 Å². The van der Waals surface area contributed by atoms with Gasteiger partial charge < -0.3 is 5.32 Å². The molecule has 1 aromatic carbocycles. The quantitative estimate of drug-likeness (QED) is 0.760. The number of anilines is 1. The zero-order chi connectivity index (χ0) is 14.9. The number of imidazole rings is 1. The van der Waals surface area contributed by atoms with Crippen molar-refractivity contribution in [1.29, 1.82) is 0 Å². The standard InChI is InChI=1S/C19H21N3/c1-14-8-2-5-11-16(14)18-19(20-15-9-3-4-10-15)22-13-7-6-12-17(22)21-18/h2,5-8,11-13,15,20H,3-4,9-10H2,1H3. The topological polar surface area (TPSA) is 29.3 Å². The Balaban J connectivity index is 1.87. The van der Waals surface area contributed by atoms with Crippen molar-refractivity contribution < 1.29 is 0 Å². The zero-order valence-electron chi connectivity index (χ0n) is 12.9. The first-order valence-electron chi connectivity index (χ1n) is 8.12. The molecule has 2 heterocycles. The summed E-state index contributed by atoms with van der Waals surface area (Å²) in [6, 6.07) is 15.2. The third-order valence-corrected chi connectivity index (χ3v) is 4.63. The van der Waals surface area contributed by atoms with Crippen molar-refractivity contribution in [2.45, 2.75) is 38.6 Å². The summed E-state index contributed by atoms with van der Waals surface area (Å²) < 4.78 is 2.18. The normalized spacial score (nSPS) is 15.5. The predicted molar refractivity (Wildman–Crippen MR) is 91.2 cm³/mol. The van der Waals surface area contributed by atoms with Gasteiger partial charge >= 0.3 is 0 Å². The smallest absolute Gasteiger partial charge is 0.139 e. The summed E-state index contributed by atoms with van der Waals surface area (Å²) in [7, 11) is 0. The largest absolute Gasteiger partial charge is 0.367 e. The van der Waals surface area contributed by atoms with Gasteiger partial charge in [-0.15, -0.1) is 0 Å². The van der Waals surface area contributed by atoms with E-state index >= 15 is 0 Å². The molecule has 4 rings (SSSR count). The highest BCUT2D eigenvalue weighted by Gasteiger charge is 2.20. The van der Waals surface area contributed by atoms with E-state index in [2.05, 4.69) is 59.2 Å². The molecule has 22 heavy (non-hydrogen) atoms. The van der Waals surface area contributed by atoms with Gasteiger partial charge in [0.05, 0.1) is 0 Å². The highest BCUT2D eigenvalue weighted by molar-refractivity contribution is 5.78. The van der Waals surface area contributed by atoms with Gasteiger partial charge in [0.15, 0.2) is 0 Å². The number of benzene rings is 1. The summed E-state index contributed by atoms with van der Waals surface area (Å²) in [6.45, 7) is 2.15. The molecular weight excluding hydrogens is 270 g/mol. The van der Waals surface area contributed by atoms with Crippen molar-refractivity contribution in [3.63, 3.8) is 0 Å². The molecule has 3 nitrogen and oxygen atoms in total. The molecule has 0 radical (unpaired) electrons. The number of fused-ring (bicyclic) bond motifs is 1. The summed E-state index contributed by atoms with van der Waals surface area (Å²) in [5, 5.41) is 3.76. The Morgan fingerprint density at radius 2 is 1.82 bits per heavy atom. The van der Waals surface area contributed by atoms with Crippen LogP contribution in [-0.2, 0) is 0 Å². The first-order valence-corrected chi connectivity index (χ1v) is 8.12. The second-order valence-electron chi connectivity index (χ2n) is 6.18. The van der Waals surface area contributed by atoms with Gasteiger partial charge in [-0.05, 0) is 37.5 Å². The van der Waals surface area contributed by atoms with E-state index in [4.69, 9.17) is 4.98 Å². The molecule has 1 aliphatic rings. The maximum atomic E-state index is 4.89. The minimum Gasteiger partial charge on any atom is -0.367 e. The van der Waals surface area contributed by atoms with Crippen LogP contribution in [0.2, 0.25) is 0 Å². The van der Waals surface area contributed by atoms with Gasteiger partial charge in [0, 0.05) is 17.8 Å². The van der Waals surface area contributed by atoms with Crippen LogP contribution in [0.5, 0.6) is 0 Å². The van der Waals surface area contributed by atoms with E-state index in [0.717, 1.165) is 17.2 Å². The molecular formula is C19H21N3. The van der Waals surface area contributed by atoms with Gasteiger partial charge in [-0.25, -0.2) is 4.98 Å². The van der Waals surface area contributed by atoms with Crippen molar-refractivity contribution in [3.8, 4) is 11.3 Å². The number of aryl methyl sites for hydroxylation is 1. The molecule has 0 saturated heterocycles. The molecule has 1 saturated carbocycles. The SMILES string of the molecule is Cc1ccccc1-c1nc2ccccn2c1NC1CCCC1. The van der Waals surface area contributed by atoms with Crippen LogP contribution < -0.4 is 5.32 Å². The highest BCUT2D eigenvalue weighted by Crippen LogP contribution is 2.33. The summed E-state index contributed by atoms with van der Waals surface area (Å²) in [5.41, 5.74) is 4.55. The third kappa shape index (κ3) is 2.27. The molecule has 0 amide bonds. The lowest BCUT2D eigenvalue weighted by Crippen LogP contribution is -2.16. The Bertz CT molecular complexity index is 797. The van der Waals surface area contributed by atoms with E-state index in [1.807, 2.05) is 6.07 Å². The van der Waals surface area contributed by atoms with Crippen LogP contribution in [0.4, 0.5) is 5.82 Å². The highest BCUT2D eigenvalue weighted by atomic mass is 15.1. The molecule has 1 aliphatic carbocycles. The fourth-order valence-corrected chi connectivity index (χ4v) is 3.42. The minimum atomic E-state index is 0.572. The van der Waals surface area contributed by atoms with Gasteiger partial charge in [-0.2, -0.15) is 0 Å². The Hall–Kier alpha value is -2.29. The fraction of sp³-hybridized carbons (Fsp3) is 0.316. The second kappa shape index (κ2) is 5.48. The van der Waals surface area contributed by atoms with Gasteiger partial charge in [0.2, 0.25) is 0 Å². The molecule has 0 bridgehead atoms. The van der Waals surface area contributed by atoms with Gasteiger partial charge in [0.25, 0.3) is 0 Å². The number of nitrogens with zero attached hydrogens (tertiary/aromatic N) is 2. The second-order valence-corrected chi connectivity index (χ2v) is 6.18. The van der Waals surface area contributed by atoms with Crippen LogP contribution in [0.1, 0.15) is 31.2 Å². The first-order chi connectivity index (χ1) is 10.8. The number of aromatic nitrogens is 2. The lowest BCUT2D eigenvalue weighted by molar-refractivity contribution is 0.749. The van der Waals surface area contributed by atoms with Gasteiger partial charge in [-0.1, -0.05) is 43.2 Å². The Morgan fingerprint density at radius 1 is 1.05 bits per heavy atom. The van der Waals surface area contributed by atoms with Crippen molar-refractivity contribution in [2.24, 2.45) is 0 Å². The predicted octanol–water partition coefficient (Wildman–Crippen LogP) is 4.66. The molecule has 2 aromatic heterocycles. The molecule has 3 heteroatoms. The molecule has 0 aliphatic heterocycles. The van der Waals surface area contributed by atoms with Crippen molar-refractivity contribution >= 4 is 11.5 Å². The maximum Gasteiger partial charge on any atom is 0.139 e. The Labute approximate surface area is 131 Å². The van der Waals surface area contributed by atoms with Crippen LogP contribution >= 0.6 is 0 Å². The van der Waals surface area contributed by atoms with Crippen LogP contribution in [0, 0.1) is 6.92 Å². The van der Waals surface area contributed by atoms with E-state index in [-0.39, 0.29) is 0 Å². The van der Waals surface area contributed by atoms with Crippen molar-refractivity contribution in [1.82, 2.24) is 9.38 Å². The average molecular weight is 291 g/mol. The lowest BCUT2D eigenvalue weighted by atomic mass is 10.1. The van der Waals surface area contributed by atoms with Crippen LogP contribution in [0.3, 0.4) is 0 Å². The molecule has 1 fully saturated rings. The van der Waals surface area contributed by atoms with E-state index < -0.39 is 0 Å². The molecule has 0 atom stereocenters. The molecule has 0 unspecified atom stereocenters. The number of pyridine rings is 1. The van der Waals surface area contributed by atoms with E-state index in [9.17, 15) is 0 Å². The average Bonchev–Trinajstić information content (AvgIpc) is 3.17. The monoisotopic (exact) mass is 291 g/mol. The van der Waals surface area contributed by atoms with Crippen LogP contribution in [0.15, 0.2) is 48.7 Å². The van der Waals surface area contributed by atoms with Crippen molar-refractivity contribution in [3.05, 3.63) is 54.2 Å². The third-order valence-electron chi connectivity index (χ3n) is 4.63. The van der Waals surface area contributed by atoms with Gasteiger partial charge in [0.1, 0.15) is 17.2 Å². The number of rotatable bonds is 3. The molecule has 112 valence electrons. The minimum absolute atomic E-state index is 0.572. The summed E-state index contributed by atoms with van der Waals surface area (Å²) in [6.07, 6.45) is 7.27. The van der Waals surface area contributed by atoms with Crippen molar-refractivity contribution in [2.75, 3.05) is 5.32 Å². The first kappa shape index (κ1) is 13.4. The molecule has 0 spiro atoms. The Kier molecular flexibility index (Phi) is 3.34. The van der Waals surface area contributed by atoms with Gasteiger partial charge in [-0.3, -0.25) is 4.40 Å². The summed E-state index contributed by atoms with van der Waals surface area (Å²) in [4.78, 5) is 4.89. The lowest BCUT2D eigenvalue weighted by Gasteiger charge is -2.15. The van der Waals surface area contributed by atoms with Crippen LogP contribution in [0.25, 0.3) is 16.9 Å². The van der Waals surface area contributed by atoms with E-state index in [0.29, 0.717) is 6.04 Å². The molecule has 1 N–H and O–H groups in total. The number of nitrogens with one attached hydrogen (secondary N) is 1. The zero-order valence-corrected chi connectivity index (χ0v) is 12.9. The van der Waals surface area contributed by atoms with Crippen LogP contribution in [-0.4, -0.2) is 15.4 Å². The number of hydrogen-bond donors (Lipinski definition) is 1. The summed E-state index contributed by atoms with van der Waals surface area (Å²) in [5.74, 6) is 1.14. The maximum absolute atomic E-state index is 4.89. The van der Waals surface area contributed by atoms with E-state index in [1.165, 1.54) is 36.8 Å². The summed E-state index contributed by atoms with van der Waals surface area (Å²) >= 11 is 0. The Morgan fingerprint density at radius 3 is 2.64 bits per heavy atom. The molecule has 3 aromatic rings. The number of hydrogen-bond acceptors (Lipinski definition) is 2.